The Balaban J connectivity index is 2.09. The van der Waals surface area contributed by atoms with Gasteiger partial charge in [0.25, 0.3) is 0 Å². The van der Waals surface area contributed by atoms with Crippen LogP contribution >= 0.6 is 11.8 Å². The van der Waals surface area contributed by atoms with Gasteiger partial charge in [0, 0.05) is 17.1 Å². The molecule has 2 aromatic rings. The summed E-state index contributed by atoms with van der Waals surface area (Å²) < 4.78 is 37.4. The predicted octanol–water partition coefficient (Wildman–Crippen LogP) is 5.22. The molecule has 0 radical (unpaired) electrons. The normalized spacial score (nSPS) is 11.4. The highest BCUT2D eigenvalue weighted by atomic mass is 32.2. The second-order valence-corrected chi connectivity index (χ2v) is 5.49. The third-order valence-corrected chi connectivity index (χ3v) is 3.49. The number of hydrogen-bond acceptors (Lipinski definition) is 2. The highest BCUT2D eigenvalue weighted by molar-refractivity contribution is 8.00. The second kappa shape index (κ2) is 6.22. The molecule has 0 aromatic heterocycles. The molecule has 0 unspecified atom stereocenters. The van der Waals surface area contributed by atoms with Gasteiger partial charge in [-0.25, -0.2) is 0 Å². The van der Waals surface area contributed by atoms with Crippen LogP contribution in [-0.4, -0.2) is 5.51 Å². The van der Waals surface area contributed by atoms with E-state index >= 15 is 0 Å². The molecule has 0 spiro atoms. The van der Waals surface area contributed by atoms with Gasteiger partial charge in [-0.15, -0.1) is 0 Å². The SMILES string of the molecule is Cc1cccc(CNc2ccccc2SC(F)(F)F)c1. The summed E-state index contributed by atoms with van der Waals surface area (Å²) in [4.78, 5) is 0.188. The summed E-state index contributed by atoms with van der Waals surface area (Å²) in [5.41, 5.74) is -1.61. The van der Waals surface area contributed by atoms with E-state index in [9.17, 15) is 13.2 Å². The van der Waals surface area contributed by atoms with E-state index in [4.69, 9.17) is 0 Å². The molecule has 5 heteroatoms. The first-order chi connectivity index (χ1) is 9.44. The molecular formula is C15H14F3NS. The molecule has 0 fully saturated rings. The van der Waals surface area contributed by atoms with Gasteiger partial charge in [-0.2, -0.15) is 13.2 Å². The molecule has 20 heavy (non-hydrogen) atoms. The van der Waals surface area contributed by atoms with E-state index in [2.05, 4.69) is 5.32 Å². The Labute approximate surface area is 120 Å². The van der Waals surface area contributed by atoms with Gasteiger partial charge in [0.15, 0.2) is 0 Å². The van der Waals surface area contributed by atoms with Crippen LogP contribution in [0.1, 0.15) is 11.1 Å². The van der Waals surface area contributed by atoms with E-state index < -0.39 is 5.51 Å². The summed E-state index contributed by atoms with van der Waals surface area (Å²) in [6, 6.07) is 14.3. The first-order valence-electron chi connectivity index (χ1n) is 6.08. The number of thioether (sulfide) groups is 1. The van der Waals surface area contributed by atoms with Gasteiger partial charge in [0.2, 0.25) is 0 Å². The lowest BCUT2D eigenvalue weighted by atomic mass is 10.1. The monoisotopic (exact) mass is 297 g/mol. The molecule has 1 nitrogen and oxygen atoms in total. The fourth-order valence-corrected chi connectivity index (χ4v) is 2.49. The second-order valence-electron chi connectivity index (χ2n) is 4.39. The first kappa shape index (κ1) is 14.8. The molecule has 0 aliphatic carbocycles. The van der Waals surface area contributed by atoms with Crippen LogP contribution in [0.25, 0.3) is 0 Å². The number of aryl methyl sites for hydroxylation is 1. The highest BCUT2D eigenvalue weighted by Gasteiger charge is 2.30. The molecule has 0 saturated carbocycles. The van der Waals surface area contributed by atoms with E-state index in [1.807, 2.05) is 31.2 Å². The minimum Gasteiger partial charge on any atom is -0.380 e. The van der Waals surface area contributed by atoms with Gasteiger partial charge < -0.3 is 5.32 Å². The molecule has 0 aliphatic rings. The number of halogens is 3. The summed E-state index contributed by atoms with van der Waals surface area (Å²) in [5, 5.41) is 3.06. The zero-order chi connectivity index (χ0) is 14.6. The Kier molecular flexibility index (Phi) is 4.60. The molecule has 0 heterocycles. The fourth-order valence-electron chi connectivity index (χ4n) is 1.85. The van der Waals surface area contributed by atoms with Crippen LogP contribution in [0.5, 0.6) is 0 Å². The predicted molar refractivity (Wildman–Crippen MR) is 76.9 cm³/mol. The minimum atomic E-state index is -4.28. The lowest BCUT2D eigenvalue weighted by molar-refractivity contribution is -0.0327. The van der Waals surface area contributed by atoms with Crippen molar-refractivity contribution in [3.63, 3.8) is 0 Å². The van der Waals surface area contributed by atoms with E-state index in [1.165, 1.54) is 6.07 Å². The van der Waals surface area contributed by atoms with E-state index in [-0.39, 0.29) is 16.7 Å². The molecule has 0 atom stereocenters. The molecule has 106 valence electrons. The Morgan fingerprint density at radius 1 is 1.05 bits per heavy atom. The van der Waals surface area contributed by atoms with E-state index in [0.29, 0.717) is 12.2 Å². The van der Waals surface area contributed by atoms with Gasteiger partial charge in [-0.05, 0) is 36.4 Å². The zero-order valence-electron chi connectivity index (χ0n) is 10.9. The summed E-state index contributed by atoms with van der Waals surface area (Å²) in [6.07, 6.45) is 0. The smallest absolute Gasteiger partial charge is 0.380 e. The minimum absolute atomic E-state index is 0.0968. The maximum atomic E-state index is 12.5. The number of anilines is 1. The van der Waals surface area contributed by atoms with Crippen LogP contribution in [0, 0.1) is 6.92 Å². The van der Waals surface area contributed by atoms with Crippen LogP contribution in [0.3, 0.4) is 0 Å². The van der Waals surface area contributed by atoms with E-state index in [0.717, 1.165) is 11.1 Å². The molecule has 2 aromatic carbocycles. The van der Waals surface area contributed by atoms with Crippen molar-refractivity contribution in [3.05, 3.63) is 59.7 Å². The van der Waals surface area contributed by atoms with Crippen molar-refractivity contribution in [2.45, 2.75) is 23.9 Å². The zero-order valence-corrected chi connectivity index (χ0v) is 11.7. The average Bonchev–Trinajstić information content (AvgIpc) is 2.36. The summed E-state index contributed by atoms with van der Waals surface area (Å²) in [7, 11) is 0. The van der Waals surface area contributed by atoms with Gasteiger partial charge in [0.1, 0.15) is 0 Å². The third kappa shape index (κ3) is 4.49. The molecule has 0 bridgehead atoms. The molecule has 0 amide bonds. The fraction of sp³-hybridized carbons (Fsp3) is 0.200. The maximum absolute atomic E-state index is 12.5. The summed E-state index contributed by atoms with van der Waals surface area (Å²) >= 11 is -0.0968. The quantitative estimate of drug-likeness (QED) is 0.777. The summed E-state index contributed by atoms with van der Waals surface area (Å²) in [5.74, 6) is 0. The van der Waals surface area contributed by atoms with Gasteiger partial charge >= 0.3 is 5.51 Å². The largest absolute Gasteiger partial charge is 0.446 e. The topological polar surface area (TPSA) is 12.0 Å². The standard InChI is InChI=1S/C15H14F3NS/c1-11-5-4-6-12(9-11)10-19-13-7-2-3-8-14(13)20-15(16,17)18/h2-9,19H,10H2,1H3. The van der Waals surface area contributed by atoms with Crippen LogP contribution in [0.15, 0.2) is 53.4 Å². The number of benzene rings is 2. The van der Waals surface area contributed by atoms with Crippen molar-refractivity contribution in [1.82, 2.24) is 0 Å². The lowest BCUT2D eigenvalue weighted by Crippen LogP contribution is -2.04. The van der Waals surface area contributed by atoms with E-state index in [1.54, 1.807) is 18.2 Å². The molecule has 1 N–H and O–H groups in total. The molecule has 0 aliphatic heterocycles. The van der Waals surface area contributed by atoms with Gasteiger partial charge in [-0.1, -0.05) is 42.0 Å². The Bertz CT molecular complexity index is 581. The van der Waals surface area contributed by atoms with Gasteiger partial charge in [-0.3, -0.25) is 0 Å². The van der Waals surface area contributed by atoms with Crippen molar-refractivity contribution >= 4 is 17.4 Å². The van der Waals surface area contributed by atoms with Crippen LogP contribution < -0.4 is 5.32 Å². The first-order valence-corrected chi connectivity index (χ1v) is 6.90. The highest BCUT2D eigenvalue weighted by Crippen LogP contribution is 2.40. The van der Waals surface area contributed by atoms with Gasteiger partial charge in [0.05, 0.1) is 0 Å². The lowest BCUT2D eigenvalue weighted by Gasteiger charge is -2.13. The maximum Gasteiger partial charge on any atom is 0.446 e. The van der Waals surface area contributed by atoms with Crippen molar-refractivity contribution in [1.29, 1.82) is 0 Å². The number of alkyl halides is 3. The Hall–Kier alpha value is -1.62. The Morgan fingerprint density at radius 2 is 1.80 bits per heavy atom. The van der Waals surface area contributed by atoms with Crippen molar-refractivity contribution in [3.8, 4) is 0 Å². The summed E-state index contributed by atoms with van der Waals surface area (Å²) in [6.45, 7) is 2.48. The average molecular weight is 297 g/mol. The van der Waals surface area contributed by atoms with Crippen molar-refractivity contribution in [2.24, 2.45) is 0 Å². The van der Waals surface area contributed by atoms with Crippen LogP contribution in [0.4, 0.5) is 18.9 Å². The van der Waals surface area contributed by atoms with Crippen molar-refractivity contribution < 1.29 is 13.2 Å². The molecule has 2 rings (SSSR count). The Morgan fingerprint density at radius 3 is 2.50 bits per heavy atom. The number of rotatable bonds is 4. The third-order valence-electron chi connectivity index (χ3n) is 2.68. The number of para-hydroxylation sites is 1. The van der Waals surface area contributed by atoms with Crippen LogP contribution in [0.2, 0.25) is 0 Å². The molecule has 0 saturated heterocycles. The number of nitrogens with one attached hydrogen (secondary N) is 1. The number of hydrogen-bond donors (Lipinski definition) is 1. The van der Waals surface area contributed by atoms with Crippen LogP contribution in [-0.2, 0) is 6.54 Å². The molecular weight excluding hydrogens is 283 g/mol. The van der Waals surface area contributed by atoms with Crippen molar-refractivity contribution in [2.75, 3.05) is 5.32 Å².